The number of rotatable bonds is 11. The van der Waals surface area contributed by atoms with Crippen LogP contribution in [0.3, 0.4) is 0 Å². The summed E-state index contributed by atoms with van der Waals surface area (Å²) in [6.07, 6.45) is 3.29. The van der Waals surface area contributed by atoms with Gasteiger partial charge in [-0.2, -0.15) is 0 Å². The summed E-state index contributed by atoms with van der Waals surface area (Å²) in [5, 5.41) is 6.67. The van der Waals surface area contributed by atoms with Gasteiger partial charge in [0.1, 0.15) is 0 Å². The van der Waals surface area contributed by atoms with Gasteiger partial charge in [-0.1, -0.05) is 0 Å². The van der Waals surface area contributed by atoms with Crippen LogP contribution in [0.4, 0.5) is 0 Å². The third-order valence-electron chi connectivity index (χ3n) is 4.29. The molecule has 0 radical (unpaired) electrons. The second-order valence-corrected chi connectivity index (χ2v) is 6.78. The molecule has 2 aliphatic rings. The predicted octanol–water partition coefficient (Wildman–Crippen LogP) is 1.18. The minimum Gasteiger partial charge on any atom is -0.381 e. The molecular formula is C18H35N3O4. The van der Waals surface area contributed by atoms with Gasteiger partial charge in [-0.25, -0.2) is 0 Å². The summed E-state index contributed by atoms with van der Waals surface area (Å²) in [5.41, 5.74) is 0. The van der Waals surface area contributed by atoms with Crippen molar-refractivity contribution in [3.63, 3.8) is 0 Å². The molecule has 0 saturated carbocycles. The molecule has 0 aliphatic carbocycles. The molecule has 0 bridgehead atoms. The Morgan fingerprint density at radius 2 is 2.08 bits per heavy atom. The number of hydrogen-bond donors (Lipinski definition) is 2. The van der Waals surface area contributed by atoms with Gasteiger partial charge in [0.05, 0.1) is 32.5 Å². The fraction of sp³-hybridized carbons (Fsp3) is 0.944. The molecule has 0 aromatic carbocycles. The number of nitrogens with zero attached hydrogens (tertiary/aromatic N) is 1. The van der Waals surface area contributed by atoms with Crippen molar-refractivity contribution in [3.05, 3.63) is 0 Å². The van der Waals surface area contributed by atoms with Crippen molar-refractivity contribution in [2.24, 2.45) is 10.9 Å². The standard InChI is InChI=1S/C18H35N3O4/c1-3-19-18(21-15(2)11-25-17-6-10-24-14-17)20-7-4-8-22-12-16-5-9-23-13-16/h15-17H,3-14H2,1-2H3,(H2,19,20,21). The quantitative estimate of drug-likeness (QED) is 0.329. The normalized spacial score (nSPS) is 25.3. The van der Waals surface area contributed by atoms with Crippen LogP contribution >= 0.6 is 0 Å². The van der Waals surface area contributed by atoms with Crippen LogP contribution in [-0.4, -0.2) is 77.4 Å². The highest BCUT2D eigenvalue weighted by atomic mass is 16.5. The van der Waals surface area contributed by atoms with Gasteiger partial charge < -0.3 is 29.6 Å². The number of aliphatic imine (C=N–C) groups is 1. The lowest BCUT2D eigenvalue weighted by molar-refractivity contribution is 0.0347. The third-order valence-corrected chi connectivity index (χ3v) is 4.29. The largest absolute Gasteiger partial charge is 0.381 e. The molecule has 2 heterocycles. The zero-order valence-electron chi connectivity index (χ0n) is 15.8. The van der Waals surface area contributed by atoms with Crippen LogP contribution < -0.4 is 10.6 Å². The topological polar surface area (TPSA) is 73.3 Å². The van der Waals surface area contributed by atoms with E-state index < -0.39 is 0 Å². The molecule has 0 aromatic rings. The average Bonchev–Trinajstić information content (AvgIpc) is 3.29. The van der Waals surface area contributed by atoms with E-state index in [-0.39, 0.29) is 12.1 Å². The lowest BCUT2D eigenvalue weighted by atomic mass is 10.1. The molecule has 2 aliphatic heterocycles. The summed E-state index contributed by atoms with van der Waals surface area (Å²) in [4.78, 5) is 4.61. The lowest BCUT2D eigenvalue weighted by Crippen LogP contribution is -2.44. The van der Waals surface area contributed by atoms with Crippen molar-refractivity contribution in [2.75, 3.05) is 59.3 Å². The Hall–Kier alpha value is -0.890. The van der Waals surface area contributed by atoms with Gasteiger partial charge >= 0.3 is 0 Å². The van der Waals surface area contributed by atoms with Gasteiger partial charge in [0.15, 0.2) is 5.96 Å². The van der Waals surface area contributed by atoms with Crippen LogP contribution in [0.25, 0.3) is 0 Å². The van der Waals surface area contributed by atoms with Gasteiger partial charge in [0, 0.05) is 44.9 Å². The van der Waals surface area contributed by atoms with E-state index in [4.69, 9.17) is 18.9 Å². The Labute approximate surface area is 151 Å². The summed E-state index contributed by atoms with van der Waals surface area (Å²) in [6, 6.07) is 0.206. The molecule has 146 valence electrons. The van der Waals surface area contributed by atoms with E-state index in [0.29, 0.717) is 19.1 Å². The highest BCUT2D eigenvalue weighted by molar-refractivity contribution is 5.80. The first kappa shape index (κ1) is 20.4. The first-order valence-electron chi connectivity index (χ1n) is 9.67. The number of nitrogens with one attached hydrogen (secondary N) is 2. The number of ether oxygens (including phenoxy) is 4. The monoisotopic (exact) mass is 357 g/mol. The van der Waals surface area contributed by atoms with Gasteiger partial charge in [-0.05, 0) is 33.1 Å². The predicted molar refractivity (Wildman–Crippen MR) is 98.1 cm³/mol. The Morgan fingerprint density at radius 1 is 1.24 bits per heavy atom. The molecule has 7 nitrogen and oxygen atoms in total. The van der Waals surface area contributed by atoms with Gasteiger partial charge in [-0.15, -0.1) is 0 Å². The second kappa shape index (κ2) is 12.5. The molecule has 25 heavy (non-hydrogen) atoms. The zero-order chi connectivity index (χ0) is 17.7. The van der Waals surface area contributed by atoms with E-state index in [1.807, 2.05) is 0 Å². The summed E-state index contributed by atoms with van der Waals surface area (Å²) in [7, 11) is 0. The Bertz CT molecular complexity index is 369. The van der Waals surface area contributed by atoms with E-state index in [1.54, 1.807) is 0 Å². The van der Waals surface area contributed by atoms with Crippen molar-refractivity contribution in [2.45, 2.75) is 45.3 Å². The minimum absolute atomic E-state index is 0.206. The maximum atomic E-state index is 5.85. The van der Waals surface area contributed by atoms with Crippen LogP contribution in [0.1, 0.15) is 33.1 Å². The smallest absolute Gasteiger partial charge is 0.191 e. The molecule has 2 fully saturated rings. The van der Waals surface area contributed by atoms with Crippen LogP contribution in [-0.2, 0) is 18.9 Å². The minimum atomic E-state index is 0.206. The fourth-order valence-corrected chi connectivity index (χ4v) is 2.84. The van der Waals surface area contributed by atoms with Gasteiger partial charge in [-0.3, -0.25) is 4.99 Å². The van der Waals surface area contributed by atoms with Crippen molar-refractivity contribution >= 4 is 5.96 Å². The van der Waals surface area contributed by atoms with Crippen LogP contribution in [0, 0.1) is 5.92 Å². The van der Waals surface area contributed by atoms with Crippen LogP contribution in [0.2, 0.25) is 0 Å². The fourth-order valence-electron chi connectivity index (χ4n) is 2.84. The van der Waals surface area contributed by atoms with Gasteiger partial charge in [0.2, 0.25) is 0 Å². The third kappa shape index (κ3) is 8.85. The molecular weight excluding hydrogens is 322 g/mol. The summed E-state index contributed by atoms with van der Waals surface area (Å²) >= 11 is 0. The van der Waals surface area contributed by atoms with E-state index in [2.05, 4.69) is 29.5 Å². The molecule has 0 spiro atoms. The van der Waals surface area contributed by atoms with Crippen LogP contribution in [0.5, 0.6) is 0 Å². The SMILES string of the molecule is CCNC(=NCCCOCC1CCOC1)NC(C)COC1CCOC1. The Kier molecular flexibility index (Phi) is 10.2. The van der Waals surface area contributed by atoms with E-state index in [0.717, 1.165) is 71.3 Å². The van der Waals surface area contributed by atoms with Crippen molar-refractivity contribution in [1.82, 2.24) is 10.6 Å². The highest BCUT2D eigenvalue weighted by Gasteiger charge is 2.17. The van der Waals surface area contributed by atoms with Crippen molar-refractivity contribution < 1.29 is 18.9 Å². The summed E-state index contributed by atoms with van der Waals surface area (Å²) < 4.78 is 22.2. The van der Waals surface area contributed by atoms with E-state index in [1.165, 1.54) is 0 Å². The van der Waals surface area contributed by atoms with Crippen molar-refractivity contribution in [1.29, 1.82) is 0 Å². The molecule has 7 heteroatoms. The van der Waals surface area contributed by atoms with Crippen LogP contribution in [0.15, 0.2) is 4.99 Å². The number of hydrogen-bond acceptors (Lipinski definition) is 5. The maximum absolute atomic E-state index is 5.85. The molecule has 0 aromatic heterocycles. The van der Waals surface area contributed by atoms with Gasteiger partial charge in [0.25, 0.3) is 0 Å². The second-order valence-electron chi connectivity index (χ2n) is 6.78. The molecule has 0 amide bonds. The first-order valence-corrected chi connectivity index (χ1v) is 9.67. The average molecular weight is 357 g/mol. The zero-order valence-corrected chi connectivity index (χ0v) is 15.8. The molecule has 2 N–H and O–H groups in total. The summed E-state index contributed by atoms with van der Waals surface area (Å²) in [6.45, 7) is 11.2. The van der Waals surface area contributed by atoms with Crippen molar-refractivity contribution in [3.8, 4) is 0 Å². The molecule has 2 rings (SSSR count). The first-order chi connectivity index (χ1) is 12.3. The molecule has 3 atom stereocenters. The maximum Gasteiger partial charge on any atom is 0.191 e. The molecule has 2 saturated heterocycles. The lowest BCUT2D eigenvalue weighted by Gasteiger charge is -2.19. The highest BCUT2D eigenvalue weighted by Crippen LogP contribution is 2.12. The Morgan fingerprint density at radius 3 is 2.80 bits per heavy atom. The number of guanidine groups is 1. The Balaban J connectivity index is 1.56. The molecule has 3 unspecified atom stereocenters. The van der Waals surface area contributed by atoms with E-state index in [9.17, 15) is 0 Å². The van der Waals surface area contributed by atoms with E-state index >= 15 is 0 Å². The summed E-state index contributed by atoms with van der Waals surface area (Å²) in [5.74, 6) is 1.42.